The molecule has 1 amide bonds. The molecular weight excluding hydrogens is 341 g/mol. The van der Waals surface area contributed by atoms with Crippen molar-refractivity contribution in [2.45, 2.75) is 25.6 Å². The topological polar surface area (TPSA) is 79.6 Å². The standard InChI is InChI=1S/C16H17F3N2O4/c17-16(18,19)10-3-4-13(22)20(5-10)8-14(23)21-6-11(9-1-2-9)12(7-21)15(24)25/h3-5,9,11-12H,1-2,6-8H2,(H,24,25)/t11-,12+/m0/s1. The maximum Gasteiger partial charge on any atom is 0.417 e. The SMILES string of the molecule is O=C(O)[C@@H]1CN(C(=O)Cn2cc(C(F)(F)F)ccc2=O)C[C@H]1C1CC1. The summed E-state index contributed by atoms with van der Waals surface area (Å²) < 4.78 is 39.0. The molecule has 0 aromatic carbocycles. The molecule has 3 rings (SSSR count). The summed E-state index contributed by atoms with van der Waals surface area (Å²) in [6.07, 6.45) is -2.13. The van der Waals surface area contributed by atoms with Crippen LogP contribution in [0, 0.1) is 17.8 Å². The summed E-state index contributed by atoms with van der Waals surface area (Å²) in [5, 5.41) is 9.30. The van der Waals surface area contributed by atoms with Crippen molar-refractivity contribution in [3.8, 4) is 0 Å². The minimum absolute atomic E-state index is 0.0308. The molecule has 1 aromatic heterocycles. The number of carboxylic acid groups (broad SMARTS) is 1. The molecule has 1 aliphatic carbocycles. The van der Waals surface area contributed by atoms with Crippen LogP contribution in [0.3, 0.4) is 0 Å². The summed E-state index contributed by atoms with van der Waals surface area (Å²) in [6.45, 7) is -0.232. The van der Waals surface area contributed by atoms with Crippen molar-refractivity contribution in [1.29, 1.82) is 0 Å². The van der Waals surface area contributed by atoms with E-state index in [0.29, 0.717) is 16.8 Å². The molecule has 2 atom stereocenters. The summed E-state index contributed by atoms with van der Waals surface area (Å²) in [4.78, 5) is 36.8. The molecule has 1 saturated carbocycles. The number of aliphatic carboxylic acids is 1. The second-order valence-electron chi connectivity index (χ2n) is 6.63. The number of hydrogen-bond donors (Lipinski definition) is 1. The minimum Gasteiger partial charge on any atom is -0.481 e. The van der Waals surface area contributed by atoms with Crippen LogP contribution in [0.15, 0.2) is 23.1 Å². The lowest BCUT2D eigenvalue weighted by molar-refractivity contribution is -0.143. The molecular formula is C16H17F3N2O4. The van der Waals surface area contributed by atoms with Crippen LogP contribution in [0.25, 0.3) is 0 Å². The van der Waals surface area contributed by atoms with Crippen molar-refractivity contribution in [2.75, 3.05) is 13.1 Å². The number of amides is 1. The smallest absolute Gasteiger partial charge is 0.417 e. The average Bonchev–Trinajstić information content (AvgIpc) is 3.26. The van der Waals surface area contributed by atoms with Gasteiger partial charge in [0.25, 0.3) is 5.56 Å². The molecule has 1 aromatic rings. The van der Waals surface area contributed by atoms with Crippen molar-refractivity contribution >= 4 is 11.9 Å². The molecule has 2 heterocycles. The first-order valence-electron chi connectivity index (χ1n) is 7.95. The Bertz CT molecular complexity index is 754. The van der Waals surface area contributed by atoms with Crippen LogP contribution >= 0.6 is 0 Å². The van der Waals surface area contributed by atoms with E-state index in [1.54, 1.807) is 0 Å². The van der Waals surface area contributed by atoms with E-state index in [1.807, 2.05) is 0 Å². The number of pyridine rings is 1. The molecule has 0 spiro atoms. The van der Waals surface area contributed by atoms with Gasteiger partial charge < -0.3 is 14.6 Å². The fourth-order valence-corrected chi connectivity index (χ4v) is 3.36. The maximum absolute atomic E-state index is 12.7. The third-order valence-corrected chi connectivity index (χ3v) is 4.88. The van der Waals surface area contributed by atoms with E-state index in [1.165, 1.54) is 4.90 Å². The van der Waals surface area contributed by atoms with E-state index in [2.05, 4.69) is 0 Å². The lowest BCUT2D eigenvalue weighted by atomic mass is 9.92. The van der Waals surface area contributed by atoms with E-state index < -0.39 is 41.6 Å². The Kier molecular flexibility index (Phi) is 4.34. The average molecular weight is 358 g/mol. The molecule has 6 nitrogen and oxygen atoms in total. The van der Waals surface area contributed by atoms with Gasteiger partial charge in [-0.1, -0.05) is 0 Å². The highest BCUT2D eigenvalue weighted by atomic mass is 19.4. The van der Waals surface area contributed by atoms with Gasteiger partial charge in [-0.25, -0.2) is 0 Å². The monoisotopic (exact) mass is 358 g/mol. The van der Waals surface area contributed by atoms with Gasteiger partial charge in [-0.3, -0.25) is 14.4 Å². The van der Waals surface area contributed by atoms with Crippen molar-refractivity contribution < 1.29 is 27.9 Å². The number of rotatable bonds is 4. The predicted molar refractivity (Wildman–Crippen MR) is 79.6 cm³/mol. The van der Waals surface area contributed by atoms with E-state index in [0.717, 1.165) is 18.9 Å². The maximum atomic E-state index is 12.7. The van der Waals surface area contributed by atoms with Crippen molar-refractivity contribution in [1.82, 2.24) is 9.47 Å². The molecule has 136 valence electrons. The molecule has 25 heavy (non-hydrogen) atoms. The molecule has 0 bridgehead atoms. The normalized spacial score (nSPS) is 23.7. The summed E-state index contributed by atoms with van der Waals surface area (Å²) in [6, 6.07) is 1.44. The van der Waals surface area contributed by atoms with E-state index in [4.69, 9.17) is 0 Å². The quantitative estimate of drug-likeness (QED) is 0.883. The third-order valence-electron chi connectivity index (χ3n) is 4.88. The summed E-state index contributed by atoms with van der Waals surface area (Å²) in [5.74, 6) is -2.01. The van der Waals surface area contributed by atoms with Crippen LogP contribution < -0.4 is 5.56 Å². The summed E-state index contributed by atoms with van der Waals surface area (Å²) in [5.41, 5.74) is -1.73. The van der Waals surface area contributed by atoms with Crippen molar-refractivity contribution in [3.63, 3.8) is 0 Å². The zero-order chi connectivity index (χ0) is 18.4. The largest absolute Gasteiger partial charge is 0.481 e. The molecule has 0 radical (unpaired) electrons. The molecule has 0 unspecified atom stereocenters. The first-order valence-corrected chi connectivity index (χ1v) is 7.95. The van der Waals surface area contributed by atoms with Crippen LogP contribution in [0.2, 0.25) is 0 Å². The Morgan fingerprint density at radius 2 is 1.88 bits per heavy atom. The highest BCUT2D eigenvalue weighted by Gasteiger charge is 2.46. The van der Waals surface area contributed by atoms with Crippen molar-refractivity contribution in [2.24, 2.45) is 17.8 Å². The van der Waals surface area contributed by atoms with Crippen LogP contribution in [-0.2, 0) is 22.3 Å². The Morgan fingerprint density at radius 1 is 1.20 bits per heavy atom. The second kappa shape index (κ2) is 6.20. The van der Waals surface area contributed by atoms with E-state index in [9.17, 15) is 32.7 Å². The predicted octanol–water partition coefficient (Wildman–Crippen LogP) is 1.44. The first-order chi connectivity index (χ1) is 11.7. The number of hydrogen-bond acceptors (Lipinski definition) is 3. The van der Waals surface area contributed by atoms with Gasteiger partial charge in [0.1, 0.15) is 6.54 Å². The lowest BCUT2D eigenvalue weighted by Gasteiger charge is -2.17. The van der Waals surface area contributed by atoms with Crippen LogP contribution in [0.4, 0.5) is 13.2 Å². The summed E-state index contributed by atoms with van der Waals surface area (Å²) in [7, 11) is 0. The molecule has 2 fully saturated rings. The van der Waals surface area contributed by atoms with Gasteiger partial charge in [0, 0.05) is 25.4 Å². The number of alkyl halides is 3. The number of nitrogens with zero attached hydrogens (tertiary/aromatic N) is 2. The second-order valence-corrected chi connectivity index (χ2v) is 6.63. The number of halogens is 3. The molecule has 1 N–H and O–H groups in total. The Morgan fingerprint density at radius 3 is 2.44 bits per heavy atom. The highest BCUT2D eigenvalue weighted by Crippen LogP contribution is 2.44. The number of carbonyl (C=O) groups is 2. The highest BCUT2D eigenvalue weighted by molar-refractivity contribution is 5.79. The van der Waals surface area contributed by atoms with Crippen LogP contribution in [0.1, 0.15) is 18.4 Å². The molecule has 2 aliphatic rings. The van der Waals surface area contributed by atoms with Gasteiger partial charge in [-0.15, -0.1) is 0 Å². The number of aromatic nitrogens is 1. The van der Waals surface area contributed by atoms with Crippen molar-refractivity contribution in [3.05, 3.63) is 34.2 Å². The fraction of sp³-hybridized carbons (Fsp3) is 0.562. The van der Waals surface area contributed by atoms with Gasteiger partial charge in [0.2, 0.25) is 5.91 Å². The first kappa shape index (κ1) is 17.5. The number of carboxylic acids is 1. The third kappa shape index (κ3) is 3.69. The lowest BCUT2D eigenvalue weighted by Crippen LogP contribution is -2.35. The van der Waals surface area contributed by atoms with Crippen LogP contribution in [-0.4, -0.2) is 39.5 Å². The minimum atomic E-state index is -4.61. The summed E-state index contributed by atoms with van der Waals surface area (Å²) >= 11 is 0. The Labute approximate surface area is 140 Å². The van der Waals surface area contributed by atoms with Gasteiger partial charge in [-0.2, -0.15) is 13.2 Å². The van der Waals surface area contributed by atoms with Crippen LogP contribution in [0.5, 0.6) is 0 Å². The molecule has 1 aliphatic heterocycles. The molecule has 9 heteroatoms. The number of likely N-dealkylation sites (tertiary alicyclic amines) is 1. The van der Waals surface area contributed by atoms with Gasteiger partial charge in [-0.05, 0) is 30.7 Å². The van der Waals surface area contributed by atoms with Gasteiger partial charge >= 0.3 is 12.1 Å². The van der Waals surface area contributed by atoms with E-state index >= 15 is 0 Å². The zero-order valence-corrected chi connectivity index (χ0v) is 13.2. The number of carbonyl (C=O) groups excluding carboxylic acids is 1. The van der Waals surface area contributed by atoms with E-state index in [-0.39, 0.29) is 24.9 Å². The zero-order valence-electron chi connectivity index (χ0n) is 13.2. The Balaban J connectivity index is 1.74. The van der Waals surface area contributed by atoms with Gasteiger partial charge in [0.05, 0.1) is 11.5 Å². The molecule has 1 saturated heterocycles. The van der Waals surface area contributed by atoms with Gasteiger partial charge in [0.15, 0.2) is 0 Å². The Hall–Kier alpha value is -2.32. The fourth-order valence-electron chi connectivity index (χ4n) is 3.36.